The molecule has 0 radical (unpaired) electrons. The van der Waals surface area contributed by atoms with Gasteiger partial charge in [0, 0.05) is 12.1 Å². The fourth-order valence-corrected chi connectivity index (χ4v) is 1.35. The van der Waals surface area contributed by atoms with Crippen molar-refractivity contribution < 1.29 is 23.0 Å². The van der Waals surface area contributed by atoms with Crippen LogP contribution in [0.3, 0.4) is 0 Å². The summed E-state index contributed by atoms with van der Waals surface area (Å²) >= 11 is 0. The van der Waals surface area contributed by atoms with Crippen molar-refractivity contribution in [2.24, 2.45) is 0 Å². The highest BCUT2D eigenvalue weighted by atomic mass is 19.4. The van der Waals surface area contributed by atoms with E-state index in [-0.39, 0.29) is 5.75 Å². The van der Waals surface area contributed by atoms with Crippen LogP contribution in [0.4, 0.5) is 13.2 Å². The van der Waals surface area contributed by atoms with Crippen molar-refractivity contribution in [3.8, 4) is 5.75 Å². The van der Waals surface area contributed by atoms with Crippen LogP contribution in [0.2, 0.25) is 0 Å². The van der Waals surface area contributed by atoms with Crippen molar-refractivity contribution in [2.45, 2.75) is 51.7 Å². The molecule has 0 amide bonds. The number of halogens is 3. The molecule has 2 N–H and O–H groups in total. The van der Waals surface area contributed by atoms with Crippen LogP contribution in [0.1, 0.15) is 33.3 Å². The van der Waals surface area contributed by atoms with Gasteiger partial charge in [0.1, 0.15) is 5.75 Å². The lowest BCUT2D eigenvalue weighted by molar-refractivity contribution is -0.274. The molecular formula is C14H20F3NO2. The monoisotopic (exact) mass is 291 g/mol. The molecule has 0 heterocycles. The van der Waals surface area contributed by atoms with Gasteiger partial charge in [0.2, 0.25) is 0 Å². The van der Waals surface area contributed by atoms with Crippen molar-refractivity contribution >= 4 is 0 Å². The molecule has 3 nitrogen and oxygen atoms in total. The van der Waals surface area contributed by atoms with Gasteiger partial charge in [-0.05, 0) is 45.4 Å². The lowest BCUT2D eigenvalue weighted by atomic mass is 9.86. The van der Waals surface area contributed by atoms with E-state index in [1.54, 1.807) is 26.0 Å². The largest absolute Gasteiger partial charge is 0.573 e. The Morgan fingerprint density at radius 1 is 1.05 bits per heavy atom. The van der Waals surface area contributed by atoms with Gasteiger partial charge in [-0.1, -0.05) is 12.1 Å². The molecule has 0 unspecified atom stereocenters. The van der Waals surface area contributed by atoms with Gasteiger partial charge in [-0.2, -0.15) is 0 Å². The van der Waals surface area contributed by atoms with Crippen molar-refractivity contribution in [2.75, 3.05) is 0 Å². The molecule has 1 aromatic carbocycles. The molecule has 0 saturated heterocycles. The predicted octanol–water partition coefficient (Wildman–Crippen LogP) is 3.22. The number of benzene rings is 1. The van der Waals surface area contributed by atoms with Gasteiger partial charge in [0.15, 0.2) is 0 Å². The Bertz CT molecular complexity index is 433. The van der Waals surface area contributed by atoms with E-state index >= 15 is 0 Å². The molecular weight excluding hydrogens is 271 g/mol. The molecule has 20 heavy (non-hydrogen) atoms. The molecule has 114 valence electrons. The van der Waals surface area contributed by atoms with E-state index in [1.165, 1.54) is 12.1 Å². The standard InChI is InChI=1S/C14H20F3NO2/c1-12(2,13(3,4)19)18-9-10-5-7-11(8-6-10)20-14(15,16)17/h5-8,18-19H,9H2,1-4H3. The van der Waals surface area contributed by atoms with Crippen molar-refractivity contribution in [1.82, 2.24) is 5.32 Å². The SMILES string of the molecule is CC(C)(O)C(C)(C)NCc1ccc(OC(F)(F)F)cc1. The smallest absolute Gasteiger partial charge is 0.406 e. The van der Waals surface area contributed by atoms with Gasteiger partial charge in [-0.25, -0.2) is 0 Å². The number of hydrogen-bond acceptors (Lipinski definition) is 3. The van der Waals surface area contributed by atoms with Crippen molar-refractivity contribution in [3.05, 3.63) is 29.8 Å². The minimum absolute atomic E-state index is 0.247. The third kappa shape index (κ3) is 5.02. The highest BCUT2D eigenvalue weighted by Gasteiger charge is 2.34. The molecule has 0 aliphatic heterocycles. The van der Waals surface area contributed by atoms with Gasteiger partial charge >= 0.3 is 6.36 Å². The number of hydrogen-bond donors (Lipinski definition) is 2. The van der Waals surface area contributed by atoms with Crippen LogP contribution < -0.4 is 10.1 Å². The van der Waals surface area contributed by atoms with Crippen LogP contribution in [0.15, 0.2) is 24.3 Å². The third-order valence-electron chi connectivity index (χ3n) is 3.42. The third-order valence-corrected chi connectivity index (χ3v) is 3.42. The number of nitrogens with one attached hydrogen (secondary N) is 1. The first kappa shape index (κ1) is 16.8. The highest BCUT2D eigenvalue weighted by molar-refractivity contribution is 5.27. The summed E-state index contributed by atoms with van der Waals surface area (Å²) in [5, 5.41) is 13.2. The van der Waals surface area contributed by atoms with Crippen molar-refractivity contribution in [1.29, 1.82) is 0 Å². The van der Waals surface area contributed by atoms with Gasteiger partial charge in [-0.15, -0.1) is 13.2 Å². The van der Waals surface area contributed by atoms with Crippen LogP contribution >= 0.6 is 0 Å². The predicted molar refractivity (Wildman–Crippen MR) is 70.3 cm³/mol. The van der Waals surface area contributed by atoms with E-state index in [0.29, 0.717) is 6.54 Å². The van der Waals surface area contributed by atoms with Crippen LogP contribution in [0.5, 0.6) is 5.75 Å². The zero-order chi connectivity index (χ0) is 15.6. The molecule has 0 bridgehead atoms. The molecule has 6 heteroatoms. The summed E-state index contributed by atoms with van der Waals surface area (Å²) in [5.74, 6) is -0.247. The second-order valence-corrected chi connectivity index (χ2v) is 5.73. The number of aliphatic hydroxyl groups is 1. The summed E-state index contributed by atoms with van der Waals surface area (Å²) < 4.78 is 39.8. The highest BCUT2D eigenvalue weighted by Crippen LogP contribution is 2.24. The van der Waals surface area contributed by atoms with Crippen molar-refractivity contribution in [3.63, 3.8) is 0 Å². The fraction of sp³-hybridized carbons (Fsp3) is 0.571. The minimum Gasteiger partial charge on any atom is -0.406 e. The summed E-state index contributed by atoms with van der Waals surface area (Å²) in [4.78, 5) is 0. The van der Waals surface area contributed by atoms with E-state index in [0.717, 1.165) is 5.56 Å². The van der Waals surface area contributed by atoms with Crippen LogP contribution in [-0.4, -0.2) is 22.6 Å². The number of alkyl halides is 3. The van der Waals surface area contributed by atoms with Gasteiger partial charge in [0.25, 0.3) is 0 Å². The zero-order valence-electron chi connectivity index (χ0n) is 12.0. The van der Waals surface area contributed by atoms with Gasteiger partial charge in [-0.3, -0.25) is 0 Å². The van der Waals surface area contributed by atoms with E-state index in [4.69, 9.17) is 0 Å². The maximum atomic E-state index is 12.0. The number of ether oxygens (including phenoxy) is 1. The Balaban J connectivity index is 2.63. The molecule has 1 rings (SSSR count). The van der Waals surface area contributed by atoms with Gasteiger partial charge in [0.05, 0.1) is 5.60 Å². The van der Waals surface area contributed by atoms with E-state index < -0.39 is 17.5 Å². The molecule has 1 aromatic rings. The van der Waals surface area contributed by atoms with E-state index in [1.807, 2.05) is 13.8 Å². The average molecular weight is 291 g/mol. The van der Waals surface area contributed by atoms with E-state index in [9.17, 15) is 18.3 Å². The quantitative estimate of drug-likeness (QED) is 0.875. The lowest BCUT2D eigenvalue weighted by Gasteiger charge is -2.38. The maximum Gasteiger partial charge on any atom is 0.573 e. The molecule has 0 saturated carbocycles. The Morgan fingerprint density at radius 3 is 1.95 bits per heavy atom. The summed E-state index contributed by atoms with van der Waals surface area (Å²) in [6.45, 7) is 7.53. The maximum absolute atomic E-state index is 12.0. The van der Waals surface area contributed by atoms with E-state index in [2.05, 4.69) is 10.1 Å². The van der Waals surface area contributed by atoms with Crippen LogP contribution in [0, 0.1) is 0 Å². The molecule has 0 aliphatic rings. The Morgan fingerprint density at radius 2 is 1.55 bits per heavy atom. The number of rotatable bonds is 5. The Labute approximate surface area is 116 Å². The molecule has 0 atom stereocenters. The summed E-state index contributed by atoms with van der Waals surface area (Å²) in [6, 6.07) is 5.63. The van der Waals surface area contributed by atoms with Crippen LogP contribution in [0.25, 0.3) is 0 Å². The molecule has 0 aromatic heterocycles. The first-order chi connectivity index (χ1) is 8.91. The normalized spacial score (nSPS) is 13.4. The summed E-state index contributed by atoms with van der Waals surface area (Å²) in [6.07, 6.45) is -4.68. The second kappa shape index (κ2) is 5.61. The van der Waals surface area contributed by atoms with Gasteiger partial charge < -0.3 is 15.2 Å². The fourth-order valence-electron chi connectivity index (χ4n) is 1.35. The molecule has 0 fully saturated rings. The molecule has 0 spiro atoms. The first-order valence-corrected chi connectivity index (χ1v) is 6.23. The summed E-state index contributed by atoms with van der Waals surface area (Å²) in [5.41, 5.74) is -0.655. The Hall–Kier alpha value is -1.27. The average Bonchev–Trinajstić information content (AvgIpc) is 2.24. The zero-order valence-corrected chi connectivity index (χ0v) is 12.0. The lowest BCUT2D eigenvalue weighted by Crippen LogP contribution is -2.55. The first-order valence-electron chi connectivity index (χ1n) is 6.23. The minimum atomic E-state index is -4.68. The Kier molecular flexibility index (Phi) is 4.71. The summed E-state index contributed by atoms with van der Waals surface area (Å²) in [7, 11) is 0. The van der Waals surface area contributed by atoms with Crippen LogP contribution in [-0.2, 0) is 6.54 Å². The second-order valence-electron chi connectivity index (χ2n) is 5.73. The topological polar surface area (TPSA) is 41.5 Å². The molecule has 0 aliphatic carbocycles.